The van der Waals surface area contributed by atoms with Gasteiger partial charge in [0.1, 0.15) is 6.04 Å². The molecule has 13 heavy (non-hydrogen) atoms. The van der Waals surface area contributed by atoms with Crippen molar-refractivity contribution in [1.29, 1.82) is 0 Å². The lowest BCUT2D eigenvalue weighted by Gasteiger charge is -2.13. The molecular weight excluding hydrogens is 174 g/mol. The highest BCUT2D eigenvalue weighted by molar-refractivity contribution is 5.86. The Morgan fingerprint density at radius 2 is 2.08 bits per heavy atom. The first kappa shape index (κ1) is 11.9. The van der Waals surface area contributed by atoms with Crippen molar-refractivity contribution < 1.29 is 14.7 Å². The molecule has 0 aromatic rings. The molecule has 0 spiro atoms. The molecule has 0 aliphatic heterocycles. The molecule has 2 unspecified atom stereocenters. The van der Waals surface area contributed by atoms with Gasteiger partial charge in [-0.05, 0) is 19.9 Å². The van der Waals surface area contributed by atoms with Crippen LogP contribution in [-0.4, -0.2) is 35.6 Å². The topological polar surface area (TPSA) is 118 Å². The van der Waals surface area contributed by atoms with E-state index < -0.39 is 24.0 Å². The normalized spacial score (nSPS) is 14.7. The Bertz CT molecular complexity index is 195. The average molecular weight is 189 g/mol. The Morgan fingerprint density at radius 1 is 1.54 bits per heavy atom. The van der Waals surface area contributed by atoms with Crippen molar-refractivity contribution in [2.24, 2.45) is 11.5 Å². The van der Waals surface area contributed by atoms with Crippen molar-refractivity contribution in [2.75, 3.05) is 6.54 Å². The highest BCUT2D eigenvalue weighted by Crippen LogP contribution is 1.88. The summed E-state index contributed by atoms with van der Waals surface area (Å²) in [5.41, 5.74) is 10.6. The second kappa shape index (κ2) is 5.50. The van der Waals surface area contributed by atoms with Gasteiger partial charge in [-0.3, -0.25) is 9.59 Å². The fourth-order valence-corrected chi connectivity index (χ4v) is 0.693. The second-order valence-corrected chi connectivity index (χ2v) is 2.75. The lowest BCUT2D eigenvalue weighted by atomic mass is 10.2. The van der Waals surface area contributed by atoms with E-state index in [1.165, 1.54) is 6.92 Å². The molecule has 2 atom stereocenters. The van der Waals surface area contributed by atoms with Gasteiger partial charge in [0.25, 0.3) is 0 Å². The largest absolute Gasteiger partial charge is 0.480 e. The summed E-state index contributed by atoms with van der Waals surface area (Å²) in [4.78, 5) is 21.4. The Hall–Kier alpha value is -1.14. The zero-order valence-electron chi connectivity index (χ0n) is 7.49. The monoisotopic (exact) mass is 189 g/mol. The lowest BCUT2D eigenvalue weighted by molar-refractivity contribution is -0.141. The molecule has 0 aromatic heterocycles. The van der Waals surface area contributed by atoms with Gasteiger partial charge in [0, 0.05) is 0 Å². The van der Waals surface area contributed by atoms with Gasteiger partial charge in [0.2, 0.25) is 5.91 Å². The third-order valence-electron chi connectivity index (χ3n) is 1.54. The maximum Gasteiger partial charge on any atom is 0.325 e. The number of carbonyl (C=O) groups excluding carboxylic acids is 1. The van der Waals surface area contributed by atoms with Crippen LogP contribution in [0.3, 0.4) is 0 Å². The van der Waals surface area contributed by atoms with Crippen LogP contribution in [0.5, 0.6) is 0 Å². The molecule has 76 valence electrons. The van der Waals surface area contributed by atoms with Gasteiger partial charge in [-0.1, -0.05) is 0 Å². The zero-order valence-corrected chi connectivity index (χ0v) is 7.49. The average Bonchev–Trinajstić information content (AvgIpc) is 2.04. The lowest BCUT2D eigenvalue weighted by Crippen LogP contribution is -2.47. The van der Waals surface area contributed by atoms with Crippen LogP contribution in [0.2, 0.25) is 0 Å². The van der Waals surface area contributed by atoms with E-state index in [1.54, 1.807) is 0 Å². The summed E-state index contributed by atoms with van der Waals surface area (Å²) >= 11 is 0. The van der Waals surface area contributed by atoms with E-state index in [1.807, 2.05) is 0 Å². The third-order valence-corrected chi connectivity index (χ3v) is 1.54. The van der Waals surface area contributed by atoms with E-state index in [0.29, 0.717) is 13.0 Å². The molecule has 0 aromatic carbocycles. The summed E-state index contributed by atoms with van der Waals surface area (Å²) < 4.78 is 0. The number of aliphatic carboxylic acids is 1. The number of rotatable bonds is 5. The van der Waals surface area contributed by atoms with Crippen LogP contribution >= 0.6 is 0 Å². The first-order chi connectivity index (χ1) is 5.99. The molecule has 0 saturated heterocycles. The quantitative estimate of drug-likeness (QED) is 0.409. The first-order valence-electron chi connectivity index (χ1n) is 3.98. The number of hydrogen-bond donors (Lipinski definition) is 4. The van der Waals surface area contributed by atoms with Crippen molar-refractivity contribution in [3.8, 4) is 0 Å². The van der Waals surface area contributed by atoms with Gasteiger partial charge in [-0.25, -0.2) is 0 Å². The highest BCUT2D eigenvalue weighted by atomic mass is 16.4. The Labute approximate surface area is 76.3 Å². The van der Waals surface area contributed by atoms with Gasteiger partial charge in [0.15, 0.2) is 0 Å². The van der Waals surface area contributed by atoms with E-state index in [-0.39, 0.29) is 0 Å². The van der Waals surface area contributed by atoms with Crippen molar-refractivity contribution in [3.63, 3.8) is 0 Å². The van der Waals surface area contributed by atoms with Gasteiger partial charge in [-0.15, -0.1) is 0 Å². The minimum Gasteiger partial charge on any atom is -0.480 e. The smallest absolute Gasteiger partial charge is 0.325 e. The van der Waals surface area contributed by atoms with Gasteiger partial charge < -0.3 is 21.9 Å². The summed E-state index contributed by atoms with van der Waals surface area (Å²) in [5, 5.41) is 10.7. The van der Waals surface area contributed by atoms with Crippen LogP contribution in [0.25, 0.3) is 0 Å². The van der Waals surface area contributed by atoms with E-state index >= 15 is 0 Å². The molecule has 0 radical (unpaired) electrons. The number of carboxylic acid groups (broad SMARTS) is 1. The van der Waals surface area contributed by atoms with Crippen LogP contribution < -0.4 is 16.8 Å². The van der Waals surface area contributed by atoms with Crippen LogP contribution in [0.15, 0.2) is 0 Å². The van der Waals surface area contributed by atoms with Crippen LogP contribution in [0.4, 0.5) is 0 Å². The maximum absolute atomic E-state index is 11.1. The fourth-order valence-electron chi connectivity index (χ4n) is 0.693. The molecule has 0 fully saturated rings. The minimum absolute atomic E-state index is 0.302. The predicted octanol–water partition coefficient (Wildman–Crippen LogP) is -1.75. The summed E-state index contributed by atoms with van der Waals surface area (Å²) in [7, 11) is 0. The van der Waals surface area contributed by atoms with Crippen molar-refractivity contribution >= 4 is 11.9 Å². The van der Waals surface area contributed by atoms with Crippen LogP contribution in [0.1, 0.15) is 13.3 Å². The molecule has 0 aliphatic rings. The van der Waals surface area contributed by atoms with Crippen LogP contribution in [-0.2, 0) is 9.59 Å². The fraction of sp³-hybridized carbons (Fsp3) is 0.714. The first-order valence-corrected chi connectivity index (χ1v) is 3.98. The Kier molecular flexibility index (Phi) is 5.01. The molecule has 6 nitrogen and oxygen atoms in total. The van der Waals surface area contributed by atoms with Crippen molar-refractivity contribution in [1.82, 2.24) is 5.32 Å². The van der Waals surface area contributed by atoms with E-state index in [9.17, 15) is 9.59 Å². The summed E-state index contributed by atoms with van der Waals surface area (Å²) in [6, 6.07) is -1.65. The predicted molar refractivity (Wildman–Crippen MR) is 46.9 cm³/mol. The number of amides is 1. The molecule has 6 N–H and O–H groups in total. The molecule has 0 saturated carbocycles. The number of nitrogens with two attached hydrogens (primary N) is 2. The minimum atomic E-state index is -1.09. The highest BCUT2D eigenvalue weighted by Gasteiger charge is 2.18. The third kappa shape index (κ3) is 4.44. The number of nitrogens with one attached hydrogen (secondary N) is 1. The molecule has 0 bridgehead atoms. The number of carboxylic acids is 1. The summed E-state index contributed by atoms with van der Waals surface area (Å²) in [6.07, 6.45) is 0.345. The standard InChI is InChI=1S/C7H15N3O3/c1-4(7(12)13)10-6(11)5(9)2-3-8/h4-5H,2-3,8-9H2,1H3,(H,10,11)(H,12,13). The van der Waals surface area contributed by atoms with Crippen LogP contribution in [0, 0.1) is 0 Å². The molecule has 1 amide bonds. The van der Waals surface area contributed by atoms with Gasteiger partial charge >= 0.3 is 5.97 Å². The van der Waals surface area contributed by atoms with Crippen molar-refractivity contribution in [2.45, 2.75) is 25.4 Å². The molecule has 0 heterocycles. The van der Waals surface area contributed by atoms with Gasteiger partial charge in [0.05, 0.1) is 6.04 Å². The molecular formula is C7H15N3O3. The van der Waals surface area contributed by atoms with Gasteiger partial charge in [-0.2, -0.15) is 0 Å². The Balaban J connectivity index is 3.92. The van der Waals surface area contributed by atoms with E-state index in [2.05, 4.69) is 5.32 Å². The van der Waals surface area contributed by atoms with E-state index in [0.717, 1.165) is 0 Å². The Morgan fingerprint density at radius 3 is 2.46 bits per heavy atom. The summed E-state index contributed by atoms with van der Waals surface area (Å²) in [5.74, 6) is -1.58. The van der Waals surface area contributed by atoms with Crippen molar-refractivity contribution in [3.05, 3.63) is 0 Å². The molecule has 0 aliphatic carbocycles. The zero-order chi connectivity index (χ0) is 10.4. The maximum atomic E-state index is 11.1. The molecule has 0 rings (SSSR count). The number of carbonyl (C=O) groups is 2. The summed E-state index contributed by atoms with van der Waals surface area (Å²) in [6.45, 7) is 1.67. The molecule has 6 heteroatoms. The number of hydrogen-bond acceptors (Lipinski definition) is 4. The van der Waals surface area contributed by atoms with E-state index in [4.69, 9.17) is 16.6 Å². The SMILES string of the molecule is CC(NC(=O)C(N)CCN)C(=O)O. The second-order valence-electron chi connectivity index (χ2n) is 2.75.